The molecule has 0 aliphatic heterocycles. The number of halogens is 1. The number of aromatic amines is 2. The first-order valence-corrected chi connectivity index (χ1v) is 10.1. The molecule has 8 nitrogen and oxygen atoms in total. The van der Waals surface area contributed by atoms with E-state index in [1.165, 1.54) is 13.2 Å². The number of H-pyrrole nitrogens is 2. The third-order valence-electron chi connectivity index (χ3n) is 5.38. The van der Waals surface area contributed by atoms with Gasteiger partial charge in [-0.05, 0) is 35.4 Å². The summed E-state index contributed by atoms with van der Waals surface area (Å²) in [5.74, 6) is -0.140. The summed E-state index contributed by atoms with van der Waals surface area (Å²) in [6, 6.07) is 17.5. The summed E-state index contributed by atoms with van der Waals surface area (Å²) in [4.78, 5) is 30.6. The number of benzene rings is 3. The maximum absolute atomic E-state index is 15.1. The van der Waals surface area contributed by atoms with Crippen molar-refractivity contribution in [3.05, 3.63) is 88.1 Å². The van der Waals surface area contributed by atoms with Gasteiger partial charge in [-0.2, -0.15) is 5.10 Å². The molecule has 2 aromatic heterocycles. The third-order valence-corrected chi connectivity index (χ3v) is 5.38. The van der Waals surface area contributed by atoms with Crippen LogP contribution in [0.1, 0.15) is 11.3 Å². The van der Waals surface area contributed by atoms with Gasteiger partial charge in [-0.3, -0.25) is 10.1 Å². The number of aromatic nitrogens is 4. The Kier molecular flexibility index (Phi) is 5.06. The van der Waals surface area contributed by atoms with E-state index in [9.17, 15) is 9.59 Å². The topological polar surface area (TPSA) is 113 Å². The fourth-order valence-electron chi connectivity index (χ4n) is 3.79. The Balaban J connectivity index is 1.45. The Hall–Kier alpha value is -4.53. The minimum absolute atomic E-state index is 0.241. The Bertz CT molecular complexity index is 1570. The van der Waals surface area contributed by atoms with Crippen LogP contribution in [0.2, 0.25) is 0 Å². The summed E-state index contributed by atoms with van der Waals surface area (Å²) in [6.45, 7) is 0. The number of hydrogen-bond acceptors (Lipinski definition) is 5. The third kappa shape index (κ3) is 3.91. The molecule has 0 unspecified atom stereocenters. The average molecular weight is 443 g/mol. The van der Waals surface area contributed by atoms with Gasteiger partial charge in [0.1, 0.15) is 5.82 Å². The number of methoxy groups -OCH3 is 1. The second-order valence-corrected chi connectivity index (χ2v) is 7.47. The van der Waals surface area contributed by atoms with Gasteiger partial charge in [-0.1, -0.05) is 36.4 Å². The van der Waals surface area contributed by atoms with Crippen molar-refractivity contribution in [2.75, 3.05) is 12.4 Å². The summed E-state index contributed by atoms with van der Waals surface area (Å²) in [5, 5.41) is 10.4. The van der Waals surface area contributed by atoms with Gasteiger partial charge in [-0.25, -0.2) is 19.3 Å². The molecular formula is C24H18FN5O3. The Morgan fingerprint density at radius 2 is 1.91 bits per heavy atom. The van der Waals surface area contributed by atoms with Crippen LogP contribution in [0.25, 0.3) is 32.9 Å². The van der Waals surface area contributed by atoms with Gasteiger partial charge in [0.05, 0.1) is 29.2 Å². The molecule has 3 aromatic carbocycles. The first kappa shape index (κ1) is 20.4. The lowest BCUT2D eigenvalue weighted by atomic mass is 9.99. The van der Waals surface area contributed by atoms with Crippen molar-refractivity contribution < 1.29 is 13.9 Å². The summed E-state index contributed by atoms with van der Waals surface area (Å²) < 4.78 is 19.6. The summed E-state index contributed by atoms with van der Waals surface area (Å²) >= 11 is 0. The highest BCUT2D eigenvalue weighted by Crippen LogP contribution is 2.28. The Morgan fingerprint density at radius 1 is 1.09 bits per heavy atom. The molecule has 2 heterocycles. The number of carbonyl (C=O) groups is 1. The molecule has 0 spiro atoms. The van der Waals surface area contributed by atoms with Gasteiger partial charge >= 0.3 is 6.09 Å². The fraction of sp³-hybridized carbons (Fsp3) is 0.0833. The van der Waals surface area contributed by atoms with Crippen molar-refractivity contribution in [1.29, 1.82) is 0 Å². The first-order valence-electron chi connectivity index (χ1n) is 10.1. The van der Waals surface area contributed by atoms with Crippen LogP contribution in [0.5, 0.6) is 0 Å². The number of ether oxygens (including phenoxy) is 1. The molecule has 0 aliphatic carbocycles. The maximum Gasteiger partial charge on any atom is 0.413 e. The van der Waals surface area contributed by atoms with E-state index < -0.39 is 6.09 Å². The quantitative estimate of drug-likeness (QED) is 0.382. The van der Waals surface area contributed by atoms with Gasteiger partial charge < -0.3 is 9.72 Å². The van der Waals surface area contributed by atoms with Crippen molar-refractivity contribution in [1.82, 2.24) is 20.2 Å². The number of nitrogens with zero attached hydrogens (tertiary/aromatic N) is 2. The van der Waals surface area contributed by atoms with E-state index in [2.05, 4.69) is 30.2 Å². The zero-order valence-electron chi connectivity index (χ0n) is 17.5. The molecule has 0 fully saturated rings. The Morgan fingerprint density at radius 3 is 2.70 bits per heavy atom. The summed E-state index contributed by atoms with van der Waals surface area (Å²) in [7, 11) is 1.26. The minimum Gasteiger partial charge on any atom is -0.453 e. The molecule has 3 N–H and O–H groups in total. The maximum atomic E-state index is 15.1. The van der Waals surface area contributed by atoms with Gasteiger partial charge in [0.2, 0.25) is 5.95 Å². The highest BCUT2D eigenvalue weighted by molar-refractivity contribution is 5.88. The van der Waals surface area contributed by atoms with E-state index >= 15 is 4.39 Å². The lowest BCUT2D eigenvalue weighted by Gasteiger charge is -2.08. The average Bonchev–Trinajstić information content (AvgIpc) is 3.22. The molecule has 33 heavy (non-hydrogen) atoms. The molecule has 0 bridgehead atoms. The van der Waals surface area contributed by atoms with Crippen molar-refractivity contribution in [2.24, 2.45) is 0 Å². The molecule has 5 rings (SSSR count). The molecule has 164 valence electrons. The normalized spacial score (nSPS) is 11.1. The number of imidazole rings is 1. The highest BCUT2D eigenvalue weighted by Gasteiger charge is 2.12. The number of amides is 1. The lowest BCUT2D eigenvalue weighted by Crippen LogP contribution is -2.11. The van der Waals surface area contributed by atoms with Crippen LogP contribution in [-0.2, 0) is 11.2 Å². The van der Waals surface area contributed by atoms with E-state index in [4.69, 9.17) is 0 Å². The molecule has 0 aliphatic rings. The number of carbonyl (C=O) groups excluding carboxylic acids is 1. The fourth-order valence-corrected chi connectivity index (χ4v) is 3.79. The molecule has 5 aromatic rings. The van der Waals surface area contributed by atoms with Crippen molar-refractivity contribution in [2.45, 2.75) is 6.42 Å². The first-order chi connectivity index (χ1) is 16.0. The van der Waals surface area contributed by atoms with E-state index in [1.807, 2.05) is 18.2 Å². The Labute approximate surface area is 186 Å². The number of nitrogens with one attached hydrogen (secondary N) is 3. The van der Waals surface area contributed by atoms with Gasteiger partial charge in [-0.15, -0.1) is 0 Å². The van der Waals surface area contributed by atoms with E-state index in [1.54, 1.807) is 36.4 Å². The van der Waals surface area contributed by atoms with Crippen LogP contribution >= 0.6 is 0 Å². The van der Waals surface area contributed by atoms with Crippen LogP contribution in [0, 0.1) is 5.82 Å². The minimum atomic E-state index is -0.638. The van der Waals surface area contributed by atoms with Crippen LogP contribution in [0.4, 0.5) is 15.1 Å². The van der Waals surface area contributed by atoms with Crippen LogP contribution in [0.3, 0.4) is 0 Å². The predicted molar refractivity (Wildman–Crippen MR) is 123 cm³/mol. The highest BCUT2D eigenvalue weighted by atomic mass is 19.1. The zero-order chi connectivity index (χ0) is 22.9. The van der Waals surface area contributed by atoms with E-state index in [-0.39, 0.29) is 17.3 Å². The van der Waals surface area contributed by atoms with E-state index in [0.717, 1.165) is 10.9 Å². The second-order valence-electron chi connectivity index (χ2n) is 7.47. The molecule has 0 radical (unpaired) electrons. The largest absolute Gasteiger partial charge is 0.453 e. The van der Waals surface area contributed by atoms with Crippen molar-refractivity contribution in [3.63, 3.8) is 0 Å². The van der Waals surface area contributed by atoms with Gasteiger partial charge in [0.25, 0.3) is 5.56 Å². The summed E-state index contributed by atoms with van der Waals surface area (Å²) in [6.07, 6.45) is -0.267. The molecule has 0 saturated heterocycles. The van der Waals surface area contributed by atoms with E-state index in [0.29, 0.717) is 39.7 Å². The second kappa shape index (κ2) is 8.19. The molecule has 9 heteroatoms. The van der Waals surface area contributed by atoms with Gasteiger partial charge in [0, 0.05) is 17.4 Å². The molecule has 0 saturated carbocycles. The SMILES string of the molecule is COC(=O)Nc1nc2ccc(-c3ccc(Cc4n[nH]c(=O)c5ccccc45)cc3F)cc2[nH]1. The van der Waals surface area contributed by atoms with Gasteiger partial charge in [0.15, 0.2) is 0 Å². The van der Waals surface area contributed by atoms with Crippen molar-refractivity contribution >= 4 is 33.8 Å². The molecule has 1 amide bonds. The van der Waals surface area contributed by atoms with Crippen LogP contribution in [0.15, 0.2) is 65.5 Å². The van der Waals surface area contributed by atoms with Crippen molar-refractivity contribution in [3.8, 4) is 11.1 Å². The number of hydrogen-bond donors (Lipinski definition) is 3. The molecular weight excluding hydrogens is 425 g/mol. The number of fused-ring (bicyclic) bond motifs is 2. The number of rotatable bonds is 4. The number of anilines is 1. The smallest absolute Gasteiger partial charge is 0.413 e. The monoisotopic (exact) mass is 443 g/mol. The van der Waals surface area contributed by atoms with Crippen LogP contribution in [-0.4, -0.2) is 33.4 Å². The summed E-state index contributed by atoms with van der Waals surface area (Å²) in [5.41, 5.74) is 3.50. The van der Waals surface area contributed by atoms with Crippen LogP contribution < -0.4 is 10.9 Å². The molecule has 0 atom stereocenters. The predicted octanol–water partition coefficient (Wildman–Crippen LogP) is 4.37. The lowest BCUT2D eigenvalue weighted by molar-refractivity contribution is 0.186. The zero-order valence-corrected chi connectivity index (χ0v) is 17.5. The standard InChI is InChI=1S/C24H18FN5O3/c1-33-24(32)28-23-26-19-9-7-14(12-21(19)27-23)15-8-6-13(10-18(15)25)11-20-16-4-2-3-5-17(16)22(31)30-29-20/h2-10,12H,11H2,1H3,(H,30,31)(H2,26,27,28,32).